The zero-order valence-electron chi connectivity index (χ0n) is 11.7. The van der Waals surface area contributed by atoms with Crippen LogP contribution in [0.25, 0.3) is 0 Å². The molecule has 102 valence electrons. The molecular formula is C13H23N3O2. The lowest BCUT2D eigenvalue weighted by molar-refractivity contribution is 0.0130. The van der Waals surface area contributed by atoms with Crippen LogP contribution in [0.1, 0.15) is 31.0 Å². The number of hydrogen-bond acceptors (Lipinski definition) is 4. The summed E-state index contributed by atoms with van der Waals surface area (Å²) in [6.45, 7) is 5.80. The van der Waals surface area contributed by atoms with Gasteiger partial charge in [0.25, 0.3) is 0 Å². The summed E-state index contributed by atoms with van der Waals surface area (Å²) in [6.07, 6.45) is 2.50. The minimum absolute atomic E-state index is 0.355. The van der Waals surface area contributed by atoms with E-state index in [4.69, 9.17) is 9.47 Å². The first-order valence-corrected chi connectivity index (χ1v) is 6.53. The monoisotopic (exact) mass is 253 g/mol. The molecule has 1 N–H and O–H groups in total. The molecule has 0 amide bonds. The van der Waals surface area contributed by atoms with Crippen LogP contribution in [0.4, 0.5) is 0 Å². The molecule has 1 aromatic heterocycles. The first-order chi connectivity index (χ1) is 8.61. The predicted octanol–water partition coefficient (Wildman–Crippen LogP) is 1.39. The number of methoxy groups -OCH3 is 1. The number of aryl methyl sites for hydroxylation is 2. The summed E-state index contributed by atoms with van der Waals surface area (Å²) in [5, 5.41) is 7.97. The van der Waals surface area contributed by atoms with Gasteiger partial charge in [-0.3, -0.25) is 0 Å². The largest absolute Gasteiger partial charge is 0.481 e. The lowest BCUT2D eigenvalue weighted by Gasteiger charge is -2.28. The molecule has 2 atom stereocenters. The van der Waals surface area contributed by atoms with Crippen molar-refractivity contribution < 1.29 is 9.47 Å². The van der Waals surface area contributed by atoms with E-state index in [-0.39, 0.29) is 0 Å². The van der Waals surface area contributed by atoms with Crippen molar-refractivity contribution in [3.8, 4) is 5.88 Å². The molecule has 5 nitrogen and oxygen atoms in total. The average molecular weight is 253 g/mol. The van der Waals surface area contributed by atoms with Crippen LogP contribution < -0.4 is 10.1 Å². The van der Waals surface area contributed by atoms with Gasteiger partial charge in [-0.25, -0.2) is 4.68 Å². The van der Waals surface area contributed by atoms with Gasteiger partial charge in [0, 0.05) is 26.2 Å². The molecule has 2 rings (SSSR count). The van der Waals surface area contributed by atoms with Crippen molar-refractivity contribution >= 4 is 0 Å². The van der Waals surface area contributed by atoms with E-state index in [1.54, 1.807) is 11.8 Å². The van der Waals surface area contributed by atoms with Crippen LogP contribution in [-0.4, -0.2) is 35.6 Å². The molecule has 0 aromatic carbocycles. The third-order valence-electron chi connectivity index (χ3n) is 3.53. The van der Waals surface area contributed by atoms with Crippen LogP contribution in [0.5, 0.6) is 5.88 Å². The molecule has 2 unspecified atom stereocenters. The second-order valence-corrected chi connectivity index (χ2v) is 4.98. The van der Waals surface area contributed by atoms with E-state index >= 15 is 0 Å². The summed E-state index contributed by atoms with van der Waals surface area (Å²) >= 11 is 0. The smallest absolute Gasteiger partial charge is 0.216 e. The topological polar surface area (TPSA) is 48.3 Å². The van der Waals surface area contributed by atoms with E-state index in [1.807, 2.05) is 14.0 Å². The van der Waals surface area contributed by atoms with Crippen LogP contribution in [0.2, 0.25) is 0 Å². The van der Waals surface area contributed by atoms with Crippen molar-refractivity contribution in [1.29, 1.82) is 0 Å². The predicted molar refractivity (Wildman–Crippen MR) is 69.8 cm³/mol. The van der Waals surface area contributed by atoms with Crippen molar-refractivity contribution in [2.75, 3.05) is 13.7 Å². The van der Waals surface area contributed by atoms with Crippen molar-refractivity contribution in [2.24, 2.45) is 7.05 Å². The molecule has 1 saturated heterocycles. The third kappa shape index (κ3) is 2.84. The molecule has 0 aliphatic carbocycles. The number of aromatic nitrogens is 2. The van der Waals surface area contributed by atoms with Crippen LogP contribution in [0.15, 0.2) is 0 Å². The Balaban J connectivity index is 1.97. The molecule has 0 radical (unpaired) electrons. The minimum atomic E-state index is 0.355. The Labute approximate surface area is 108 Å². The summed E-state index contributed by atoms with van der Waals surface area (Å²) in [5.41, 5.74) is 2.18. The van der Waals surface area contributed by atoms with Crippen molar-refractivity contribution in [1.82, 2.24) is 15.1 Å². The van der Waals surface area contributed by atoms with E-state index in [1.165, 1.54) is 0 Å². The number of nitrogens with zero attached hydrogens (tertiary/aromatic N) is 2. The maximum atomic E-state index is 5.55. The normalized spacial score (nSPS) is 24.2. The fraction of sp³-hybridized carbons (Fsp3) is 0.769. The second kappa shape index (κ2) is 5.71. The van der Waals surface area contributed by atoms with E-state index in [0.29, 0.717) is 12.1 Å². The first kappa shape index (κ1) is 13.4. The van der Waals surface area contributed by atoms with Crippen molar-refractivity contribution in [3.63, 3.8) is 0 Å². The molecule has 0 spiro atoms. The number of nitrogens with one attached hydrogen (secondary N) is 1. The van der Waals surface area contributed by atoms with Gasteiger partial charge in [0.1, 0.15) is 0 Å². The highest BCUT2D eigenvalue weighted by molar-refractivity contribution is 5.30. The highest BCUT2D eigenvalue weighted by atomic mass is 16.5. The Hall–Kier alpha value is -1.07. The Morgan fingerprint density at radius 2 is 2.33 bits per heavy atom. The quantitative estimate of drug-likeness (QED) is 0.881. The third-order valence-corrected chi connectivity index (χ3v) is 3.53. The SMILES string of the molecule is COc1c(CNC2CCOC(C)C2)c(C)nn1C. The average Bonchev–Trinajstić information content (AvgIpc) is 2.60. The molecule has 5 heteroatoms. The van der Waals surface area contributed by atoms with Crippen molar-refractivity contribution in [3.05, 3.63) is 11.3 Å². The van der Waals surface area contributed by atoms with Crippen molar-refractivity contribution in [2.45, 2.75) is 45.4 Å². The summed E-state index contributed by atoms with van der Waals surface area (Å²) in [5.74, 6) is 0.847. The lowest BCUT2D eigenvalue weighted by atomic mass is 10.0. The van der Waals surface area contributed by atoms with Gasteiger partial charge < -0.3 is 14.8 Å². The van der Waals surface area contributed by atoms with Gasteiger partial charge in [-0.05, 0) is 26.7 Å². The Morgan fingerprint density at radius 1 is 1.56 bits per heavy atom. The molecule has 0 saturated carbocycles. The maximum absolute atomic E-state index is 5.55. The number of ether oxygens (including phenoxy) is 2. The molecule has 1 aromatic rings. The summed E-state index contributed by atoms with van der Waals surface area (Å²) in [6, 6.07) is 0.526. The van der Waals surface area contributed by atoms with E-state index < -0.39 is 0 Å². The summed E-state index contributed by atoms with van der Waals surface area (Å²) < 4.78 is 12.7. The molecule has 1 aliphatic heterocycles. The minimum Gasteiger partial charge on any atom is -0.481 e. The molecule has 1 aliphatic rings. The molecule has 18 heavy (non-hydrogen) atoms. The highest BCUT2D eigenvalue weighted by Crippen LogP contribution is 2.21. The lowest BCUT2D eigenvalue weighted by Crippen LogP contribution is -2.37. The molecule has 0 bridgehead atoms. The Bertz CT molecular complexity index is 403. The fourth-order valence-corrected chi connectivity index (χ4v) is 2.57. The number of rotatable bonds is 4. The first-order valence-electron chi connectivity index (χ1n) is 6.53. The summed E-state index contributed by atoms with van der Waals surface area (Å²) in [7, 11) is 3.60. The van der Waals surface area contributed by atoms with E-state index in [0.717, 1.165) is 43.1 Å². The van der Waals surface area contributed by atoms with Crippen LogP contribution in [0, 0.1) is 6.92 Å². The molecule has 1 fully saturated rings. The molecule has 2 heterocycles. The Morgan fingerprint density at radius 3 is 3.00 bits per heavy atom. The standard InChI is InChI=1S/C13H23N3O2/c1-9-7-11(5-6-18-9)14-8-12-10(2)15-16(3)13(12)17-4/h9,11,14H,5-8H2,1-4H3. The van der Waals surface area contributed by atoms with Gasteiger partial charge >= 0.3 is 0 Å². The summed E-state index contributed by atoms with van der Waals surface area (Å²) in [4.78, 5) is 0. The van der Waals surface area contributed by atoms with Gasteiger partial charge in [0.15, 0.2) is 0 Å². The number of hydrogen-bond donors (Lipinski definition) is 1. The maximum Gasteiger partial charge on any atom is 0.216 e. The Kier molecular flexibility index (Phi) is 4.24. The highest BCUT2D eigenvalue weighted by Gasteiger charge is 2.20. The van der Waals surface area contributed by atoms with E-state index in [9.17, 15) is 0 Å². The van der Waals surface area contributed by atoms with Gasteiger partial charge in [-0.15, -0.1) is 0 Å². The van der Waals surface area contributed by atoms with Crippen LogP contribution >= 0.6 is 0 Å². The molecular weight excluding hydrogens is 230 g/mol. The van der Waals surface area contributed by atoms with Gasteiger partial charge in [-0.1, -0.05) is 0 Å². The van der Waals surface area contributed by atoms with Gasteiger partial charge in [0.2, 0.25) is 5.88 Å². The van der Waals surface area contributed by atoms with Crippen LogP contribution in [-0.2, 0) is 18.3 Å². The van der Waals surface area contributed by atoms with E-state index in [2.05, 4.69) is 17.3 Å². The second-order valence-electron chi connectivity index (χ2n) is 4.98. The van der Waals surface area contributed by atoms with Crippen LogP contribution in [0.3, 0.4) is 0 Å². The van der Waals surface area contributed by atoms with Gasteiger partial charge in [0.05, 0.1) is 24.5 Å². The zero-order valence-corrected chi connectivity index (χ0v) is 11.7. The van der Waals surface area contributed by atoms with Gasteiger partial charge in [-0.2, -0.15) is 5.10 Å². The fourth-order valence-electron chi connectivity index (χ4n) is 2.57. The zero-order chi connectivity index (χ0) is 13.1.